The predicted octanol–water partition coefficient (Wildman–Crippen LogP) is 3.03. The van der Waals surface area contributed by atoms with Gasteiger partial charge in [-0.05, 0) is 19.4 Å². The van der Waals surface area contributed by atoms with E-state index in [1.165, 1.54) is 5.56 Å². The highest BCUT2D eigenvalue weighted by Crippen LogP contribution is 2.37. The molecular formula is C17H24N6S. The minimum atomic E-state index is 0.369. The summed E-state index contributed by atoms with van der Waals surface area (Å²) in [6.45, 7) is 6.53. The summed E-state index contributed by atoms with van der Waals surface area (Å²) in [7, 11) is 0. The highest BCUT2D eigenvalue weighted by molar-refractivity contribution is 7.80. The number of nitrogens with zero attached hydrogens (tertiary/aromatic N) is 3. The quantitative estimate of drug-likeness (QED) is 0.579. The van der Waals surface area contributed by atoms with Gasteiger partial charge in [0.1, 0.15) is 5.69 Å². The minimum absolute atomic E-state index is 0.369. The van der Waals surface area contributed by atoms with E-state index >= 15 is 0 Å². The third kappa shape index (κ3) is 3.67. The molecule has 0 unspecified atom stereocenters. The Morgan fingerprint density at radius 1 is 1.21 bits per heavy atom. The molecule has 7 heteroatoms. The van der Waals surface area contributed by atoms with Crippen LogP contribution >= 0.6 is 12.6 Å². The molecule has 1 aromatic carbocycles. The van der Waals surface area contributed by atoms with Gasteiger partial charge in [0.05, 0.1) is 6.67 Å². The molecule has 1 aliphatic rings. The number of hydrogen-bond donors (Lipinski definition) is 4. The molecule has 0 aliphatic carbocycles. The molecule has 0 radical (unpaired) electrons. The van der Waals surface area contributed by atoms with E-state index in [9.17, 15) is 0 Å². The van der Waals surface area contributed by atoms with Crippen molar-refractivity contribution in [2.45, 2.75) is 26.4 Å². The molecule has 2 heterocycles. The zero-order valence-electron chi connectivity index (χ0n) is 14.1. The number of thiol groups is 1. The van der Waals surface area contributed by atoms with E-state index in [2.05, 4.69) is 69.4 Å². The van der Waals surface area contributed by atoms with Gasteiger partial charge in [0.25, 0.3) is 0 Å². The van der Waals surface area contributed by atoms with Gasteiger partial charge in [0.15, 0.2) is 11.6 Å². The molecule has 0 bridgehead atoms. The number of hydrogen-bond acceptors (Lipinski definition) is 7. The second-order valence-corrected chi connectivity index (χ2v) is 6.43. The molecule has 24 heavy (non-hydrogen) atoms. The summed E-state index contributed by atoms with van der Waals surface area (Å²) in [5.41, 5.74) is 2.18. The van der Waals surface area contributed by atoms with Gasteiger partial charge in [-0.3, -0.25) is 0 Å². The number of fused-ring (bicyclic) bond motifs is 1. The van der Waals surface area contributed by atoms with Crippen molar-refractivity contribution in [3.8, 4) is 0 Å². The van der Waals surface area contributed by atoms with Gasteiger partial charge in [-0.25, -0.2) is 0 Å². The van der Waals surface area contributed by atoms with Crippen molar-refractivity contribution in [3.05, 3.63) is 35.9 Å². The molecule has 128 valence electrons. The number of nitrogens with one attached hydrogen (secondary N) is 3. The SMILES string of the molecule is CC(C)N1CNc2c(NCc3ccccc3)nc(NCCS)nc21. The zero-order valence-corrected chi connectivity index (χ0v) is 15.0. The normalized spacial score (nSPS) is 12.9. The maximum atomic E-state index is 4.68. The highest BCUT2D eigenvalue weighted by atomic mass is 32.1. The van der Waals surface area contributed by atoms with Gasteiger partial charge in [-0.1, -0.05) is 30.3 Å². The first-order chi connectivity index (χ1) is 11.7. The third-order valence-corrected chi connectivity index (χ3v) is 4.13. The van der Waals surface area contributed by atoms with Gasteiger partial charge in [-0.2, -0.15) is 22.6 Å². The molecule has 3 N–H and O–H groups in total. The lowest BCUT2D eigenvalue weighted by Crippen LogP contribution is -2.30. The molecule has 1 aliphatic heterocycles. The van der Waals surface area contributed by atoms with E-state index in [1.807, 2.05) is 18.2 Å². The van der Waals surface area contributed by atoms with Crippen LogP contribution in [0.15, 0.2) is 30.3 Å². The van der Waals surface area contributed by atoms with Crippen LogP contribution in [0.2, 0.25) is 0 Å². The Labute approximate surface area is 148 Å². The summed E-state index contributed by atoms with van der Waals surface area (Å²) in [5.74, 6) is 3.14. The number of anilines is 4. The van der Waals surface area contributed by atoms with Gasteiger partial charge < -0.3 is 20.9 Å². The van der Waals surface area contributed by atoms with Crippen LogP contribution < -0.4 is 20.9 Å². The maximum Gasteiger partial charge on any atom is 0.226 e. The number of aromatic nitrogens is 2. The lowest BCUT2D eigenvalue weighted by atomic mass is 10.2. The first-order valence-corrected chi connectivity index (χ1v) is 8.87. The summed E-state index contributed by atoms with van der Waals surface area (Å²) in [6.07, 6.45) is 0. The maximum absolute atomic E-state index is 4.68. The Hall–Kier alpha value is -2.15. The highest BCUT2D eigenvalue weighted by Gasteiger charge is 2.27. The van der Waals surface area contributed by atoms with Crippen molar-refractivity contribution in [2.75, 3.05) is 39.8 Å². The van der Waals surface area contributed by atoms with Gasteiger partial charge in [0, 0.05) is 24.9 Å². The van der Waals surface area contributed by atoms with Gasteiger partial charge >= 0.3 is 0 Å². The van der Waals surface area contributed by atoms with Crippen molar-refractivity contribution >= 4 is 35.9 Å². The lowest BCUT2D eigenvalue weighted by molar-refractivity contribution is 0.718. The Morgan fingerprint density at radius 3 is 2.71 bits per heavy atom. The monoisotopic (exact) mass is 344 g/mol. The topological polar surface area (TPSA) is 65.1 Å². The van der Waals surface area contributed by atoms with E-state index < -0.39 is 0 Å². The van der Waals surface area contributed by atoms with E-state index in [0.29, 0.717) is 12.0 Å². The summed E-state index contributed by atoms with van der Waals surface area (Å²) >= 11 is 4.24. The Bertz CT molecular complexity index is 676. The Kier molecular flexibility index (Phi) is 5.30. The molecule has 3 rings (SSSR count). The average Bonchev–Trinajstić information content (AvgIpc) is 3.03. The lowest BCUT2D eigenvalue weighted by Gasteiger charge is -2.22. The van der Waals surface area contributed by atoms with Crippen molar-refractivity contribution in [1.82, 2.24) is 9.97 Å². The van der Waals surface area contributed by atoms with Crippen LogP contribution in [0.1, 0.15) is 19.4 Å². The molecule has 0 saturated carbocycles. The fourth-order valence-electron chi connectivity index (χ4n) is 2.64. The molecule has 0 atom stereocenters. The minimum Gasteiger partial charge on any atom is -0.364 e. The summed E-state index contributed by atoms with van der Waals surface area (Å²) in [5, 5.41) is 10.1. The van der Waals surface area contributed by atoms with Crippen molar-refractivity contribution in [3.63, 3.8) is 0 Å². The summed E-state index contributed by atoms with van der Waals surface area (Å²) in [4.78, 5) is 11.5. The van der Waals surface area contributed by atoms with Crippen molar-refractivity contribution in [1.29, 1.82) is 0 Å². The third-order valence-electron chi connectivity index (χ3n) is 3.91. The number of rotatable bonds is 7. The molecule has 0 saturated heterocycles. The van der Waals surface area contributed by atoms with E-state index in [0.717, 1.165) is 42.8 Å². The number of benzene rings is 1. The van der Waals surface area contributed by atoms with Crippen LogP contribution in [0, 0.1) is 0 Å². The Morgan fingerprint density at radius 2 is 2.00 bits per heavy atom. The first-order valence-electron chi connectivity index (χ1n) is 8.24. The van der Waals surface area contributed by atoms with Crippen LogP contribution in [0.25, 0.3) is 0 Å². The second-order valence-electron chi connectivity index (χ2n) is 5.98. The van der Waals surface area contributed by atoms with Crippen LogP contribution in [0.3, 0.4) is 0 Å². The van der Waals surface area contributed by atoms with Crippen molar-refractivity contribution < 1.29 is 0 Å². The average molecular weight is 344 g/mol. The molecule has 0 fully saturated rings. The molecular weight excluding hydrogens is 320 g/mol. The zero-order chi connectivity index (χ0) is 16.9. The van der Waals surface area contributed by atoms with Crippen LogP contribution in [-0.2, 0) is 6.54 Å². The van der Waals surface area contributed by atoms with E-state index in [-0.39, 0.29) is 0 Å². The summed E-state index contributed by atoms with van der Waals surface area (Å²) < 4.78 is 0. The first kappa shape index (κ1) is 16.7. The van der Waals surface area contributed by atoms with Crippen molar-refractivity contribution in [2.24, 2.45) is 0 Å². The molecule has 6 nitrogen and oxygen atoms in total. The fourth-order valence-corrected chi connectivity index (χ4v) is 2.75. The predicted molar refractivity (Wildman–Crippen MR) is 104 cm³/mol. The second kappa shape index (κ2) is 7.61. The van der Waals surface area contributed by atoms with E-state index in [4.69, 9.17) is 0 Å². The molecule has 0 amide bonds. The Balaban J connectivity index is 1.86. The van der Waals surface area contributed by atoms with E-state index in [1.54, 1.807) is 0 Å². The molecule has 0 spiro atoms. The fraction of sp³-hybridized carbons (Fsp3) is 0.412. The van der Waals surface area contributed by atoms with Crippen LogP contribution in [0.4, 0.5) is 23.3 Å². The molecule has 1 aromatic heterocycles. The van der Waals surface area contributed by atoms with Gasteiger partial charge in [-0.15, -0.1) is 0 Å². The van der Waals surface area contributed by atoms with Crippen LogP contribution in [-0.4, -0.2) is 35.0 Å². The van der Waals surface area contributed by atoms with Gasteiger partial charge in [0.2, 0.25) is 5.95 Å². The standard InChI is InChI=1S/C17H24N6S/c1-12(2)23-11-20-14-15(19-10-13-6-4-3-5-7-13)21-17(18-8-9-24)22-16(14)23/h3-7,12,20,24H,8-11H2,1-2H3,(H2,18,19,21,22). The van der Waals surface area contributed by atoms with Crippen LogP contribution in [0.5, 0.6) is 0 Å². The smallest absolute Gasteiger partial charge is 0.226 e. The molecule has 2 aromatic rings. The largest absolute Gasteiger partial charge is 0.364 e. The summed E-state index contributed by atoms with van der Waals surface area (Å²) in [6, 6.07) is 10.7.